The molecule has 0 unspecified atom stereocenters. The average molecular weight is 398 g/mol. The number of rotatable bonds is 3. The van der Waals surface area contributed by atoms with Gasteiger partial charge in [0.25, 0.3) is 5.91 Å². The molecule has 2 saturated heterocycles. The number of nitrogens with zero attached hydrogens (tertiary/aromatic N) is 2. The van der Waals surface area contributed by atoms with E-state index >= 15 is 0 Å². The molecular weight excluding hydrogens is 376 g/mol. The first-order chi connectivity index (χ1) is 14.5. The molecule has 3 atom stereocenters. The maximum absolute atomic E-state index is 13.8. The van der Waals surface area contributed by atoms with E-state index in [0.717, 1.165) is 16.8 Å². The monoisotopic (exact) mass is 398 g/mol. The maximum Gasteiger partial charge on any atom is 0.266 e. The van der Waals surface area contributed by atoms with E-state index in [2.05, 4.69) is 0 Å². The summed E-state index contributed by atoms with van der Waals surface area (Å²) in [4.78, 5) is 34.7. The number of anilines is 2. The molecule has 2 aliphatic rings. The van der Waals surface area contributed by atoms with Crippen molar-refractivity contribution in [1.29, 1.82) is 0 Å². The summed E-state index contributed by atoms with van der Waals surface area (Å²) in [5, 5.41) is 1.72. The summed E-state index contributed by atoms with van der Waals surface area (Å²) in [6.45, 7) is 3.81. The summed E-state index contributed by atoms with van der Waals surface area (Å²) in [7, 11) is 0. The number of imide groups is 1. The molecule has 2 fully saturated rings. The van der Waals surface area contributed by atoms with Gasteiger partial charge in [-0.25, -0.2) is 9.96 Å². The Labute approximate surface area is 175 Å². The largest absolute Gasteiger partial charge is 0.273 e. The maximum atomic E-state index is 13.8. The lowest BCUT2D eigenvalue weighted by Crippen LogP contribution is -2.41. The molecule has 3 aromatic rings. The highest BCUT2D eigenvalue weighted by atomic mass is 16.7. The van der Waals surface area contributed by atoms with E-state index in [1.807, 2.05) is 98.8 Å². The van der Waals surface area contributed by atoms with Crippen LogP contribution in [-0.2, 0) is 14.4 Å². The van der Waals surface area contributed by atoms with Crippen LogP contribution in [0.2, 0.25) is 0 Å². The highest BCUT2D eigenvalue weighted by Gasteiger charge is 2.68. The minimum absolute atomic E-state index is 0.242. The fraction of sp³-hybridized carbons (Fsp3) is 0.200. The second-order valence-corrected chi connectivity index (χ2v) is 8.06. The fourth-order valence-electron chi connectivity index (χ4n) is 4.50. The molecular formula is C25H22N2O3. The Kier molecular flexibility index (Phi) is 4.22. The van der Waals surface area contributed by atoms with E-state index in [-0.39, 0.29) is 11.8 Å². The normalized spacial score (nSPS) is 25.7. The molecule has 150 valence electrons. The third-order valence-corrected chi connectivity index (χ3v) is 6.09. The predicted molar refractivity (Wildman–Crippen MR) is 115 cm³/mol. The molecule has 2 amide bonds. The first-order valence-corrected chi connectivity index (χ1v) is 10.0. The molecule has 0 aliphatic carbocycles. The molecule has 0 bridgehead atoms. The molecule has 5 nitrogen and oxygen atoms in total. The number of hydrogen-bond donors (Lipinski definition) is 0. The lowest BCUT2D eigenvalue weighted by Gasteiger charge is -2.32. The van der Waals surface area contributed by atoms with Gasteiger partial charge in [-0.2, -0.15) is 0 Å². The van der Waals surface area contributed by atoms with Gasteiger partial charge in [-0.1, -0.05) is 66.2 Å². The van der Waals surface area contributed by atoms with Crippen molar-refractivity contribution in [2.45, 2.75) is 26.0 Å². The van der Waals surface area contributed by atoms with Crippen LogP contribution in [-0.4, -0.2) is 17.9 Å². The zero-order valence-corrected chi connectivity index (χ0v) is 16.9. The van der Waals surface area contributed by atoms with Crippen LogP contribution in [0.3, 0.4) is 0 Å². The molecule has 3 aromatic carbocycles. The Bertz CT molecular complexity index is 1100. The number of aryl methyl sites for hydroxylation is 1. The lowest BCUT2D eigenvalue weighted by atomic mass is 9.76. The third kappa shape index (κ3) is 2.59. The molecule has 0 saturated carbocycles. The summed E-state index contributed by atoms with van der Waals surface area (Å²) < 4.78 is 0. The minimum atomic E-state index is -1.06. The van der Waals surface area contributed by atoms with Gasteiger partial charge in [0.1, 0.15) is 5.41 Å². The summed E-state index contributed by atoms with van der Waals surface area (Å²) in [6, 6.07) is 26.4. The van der Waals surface area contributed by atoms with Crippen molar-refractivity contribution in [3.05, 3.63) is 96.1 Å². The summed E-state index contributed by atoms with van der Waals surface area (Å²) in [5.74, 6) is -0.570. The van der Waals surface area contributed by atoms with Crippen LogP contribution in [0.4, 0.5) is 11.4 Å². The Morgan fingerprint density at radius 1 is 0.800 bits per heavy atom. The van der Waals surface area contributed by atoms with E-state index in [1.165, 1.54) is 4.90 Å². The SMILES string of the molecule is Cc1ccc(N2C(=O)[C@@H]3ON(c4ccccc4)[C@H](c4ccccc4)[C@@]3(C)C2=O)cc1. The van der Waals surface area contributed by atoms with Gasteiger partial charge < -0.3 is 0 Å². The molecule has 0 radical (unpaired) electrons. The molecule has 30 heavy (non-hydrogen) atoms. The standard InChI is InChI=1S/C25H22N2O3/c1-17-13-15-19(16-14-17)26-23(28)22-25(2,24(26)29)21(18-9-5-3-6-10-18)27(30-22)20-11-7-4-8-12-20/h3-16,21-22H,1-2H3/t21-,22+,25-/m1/s1. The van der Waals surface area contributed by atoms with Gasteiger partial charge in [0.15, 0.2) is 6.10 Å². The Morgan fingerprint density at radius 3 is 2.03 bits per heavy atom. The van der Waals surface area contributed by atoms with Gasteiger partial charge in [-0.05, 0) is 43.7 Å². The predicted octanol–water partition coefficient (Wildman–Crippen LogP) is 4.44. The van der Waals surface area contributed by atoms with E-state index in [0.29, 0.717) is 5.69 Å². The van der Waals surface area contributed by atoms with Crippen LogP contribution in [0.5, 0.6) is 0 Å². The van der Waals surface area contributed by atoms with E-state index in [1.54, 1.807) is 5.06 Å². The Hall–Kier alpha value is -3.44. The van der Waals surface area contributed by atoms with Gasteiger partial charge in [-0.3, -0.25) is 14.4 Å². The van der Waals surface area contributed by atoms with Crippen molar-refractivity contribution < 1.29 is 14.4 Å². The highest BCUT2D eigenvalue weighted by molar-refractivity contribution is 6.25. The number of carbonyl (C=O) groups is 2. The van der Waals surface area contributed by atoms with Crippen LogP contribution in [0, 0.1) is 12.3 Å². The van der Waals surface area contributed by atoms with E-state index in [4.69, 9.17) is 4.84 Å². The number of fused-ring (bicyclic) bond motifs is 1. The number of hydroxylamine groups is 1. The number of carbonyl (C=O) groups excluding carboxylic acids is 2. The van der Waals surface area contributed by atoms with Gasteiger partial charge in [0, 0.05) is 0 Å². The van der Waals surface area contributed by atoms with Gasteiger partial charge in [-0.15, -0.1) is 0 Å². The zero-order chi connectivity index (χ0) is 20.9. The fourth-order valence-corrected chi connectivity index (χ4v) is 4.50. The quantitative estimate of drug-likeness (QED) is 0.612. The van der Waals surface area contributed by atoms with Crippen LogP contribution >= 0.6 is 0 Å². The molecule has 0 aromatic heterocycles. The van der Waals surface area contributed by atoms with Gasteiger partial charge in [0.05, 0.1) is 17.4 Å². The highest BCUT2D eigenvalue weighted by Crippen LogP contribution is 2.55. The van der Waals surface area contributed by atoms with Crippen molar-refractivity contribution in [1.82, 2.24) is 0 Å². The summed E-state index contributed by atoms with van der Waals surface area (Å²) in [5.41, 5.74) is 2.33. The molecule has 5 heteroatoms. The van der Waals surface area contributed by atoms with Gasteiger partial charge in [0.2, 0.25) is 5.91 Å². The summed E-state index contributed by atoms with van der Waals surface area (Å²) >= 11 is 0. The smallest absolute Gasteiger partial charge is 0.266 e. The first kappa shape index (κ1) is 18.6. The Balaban J connectivity index is 1.63. The Morgan fingerprint density at radius 2 is 1.40 bits per heavy atom. The third-order valence-electron chi connectivity index (χ3n) is 6.09. The average Bonchev–Trinajstić information content (AvgIpc) is 3.19. The van der Waals surface area contributed by atoms with Crippen LogP contribution in [0.1, 0.15) is 24.1 Å². The number of para-hydroxylation sites is 1. The van der Waals surface area contributed by atoms with Crippen molar-refractivity contribution in [3.63, 3.8) is 0 Å². The zero-order valence-electron chi connectivity index (χ0n) is 16.9. The number of amides is 2. The molecule has 0 N–H and O–H groups in total. The minimum Gasteiger partial charge on any atom is -0.273 e. The van der Waals surface area contributed by atoms with E-state index in [9.17, 15) is 9.59 Å². The molecule has 0 spiro atoms. The van der Waals surface area contributed by atoms with Crippen LogP contribution < -0.4 is 9.96 Å². The second-order valence-electron chi connectivity index (χ2n) is 8.06. The van der Waals surface area contributed by atoms with Gasteiger partial charge >= 0.3 is 0 Å². The molecule has 2 aliphatic heterocycles. The summed E-state index contributed by atoms with van der Waals surface area (Å²) in [6.07, 6.45) is -0.892. The van der Waals surface area contributed by atoms with Crippen molar-refractivity contribution in [2.75, 3.05) is 9.96 Å². The molecule has 5 rings (SSSR count). The molecule has 2 heterocycles. The van der Waals surface area contributed by atoms with Crippen molar-refractivity contribution in [3.8, 4) is 0 Å². The van der Waals surface area contributed by atoms with E-state index < -0.39 is 17.6 Å². The van der Waals surface area contributed by atoms with Crippen LogP contribution in [0.25, 0.3) is 0 Å². The first-order valence-electron chi connectivity index (χ1n) is 10.0. The number of hydrogen-bond acceptors (Lipinski definition) is 4. The van der Waals surface area contributed by atoms with Crippen molar-refractivity contribution in [2.24, 2.45) is 5.41 Å². The second kappa shape index (κ2) is 6.82. The van der Waals surface area contributed by atoms with Crippen LogP contribution in [0.15, 0.2) is 84.9 Å². The lowest BCUT2D eigenvalue weighted by molar-refractivity contribution is -0.128. The van der Waals surface area contributed by atoms with Crippen molar-refractivity contribution >= 4 is 23.2 Å². The topological polar surface area (TPSA) is 49.9 Å². The number of benzene rings is 3.